The van der Waals surface area contributed by atoms with Crippen molar-refractivity contribution in [2.24, 2.45) is 0 Å². The van der Waals surface area contributed by atoms with Crippen LogP contribution in [0.3, 0.4) is 0 Å². The Labute approximate surface area is 133 Å². The average Bonchev–Trinajstić information content (AvgIpc) is 2.84. The molecule has 0 radical (unpaired) electrons. The lowest BCUT2D eigenvalue weighted by molar-refractivity contribution is -0.137. The molecule has 124 valence electrons. The van der Waals surface area contributed by atoms with Gasteiger partial charge in [-0.25, -0.2) is 4.98 Å². The smallest absolute Gasteiger partial charge is 0.303 e. The summed E-state index contributed by atoms with van der Waals surface area (Å²) in [5.74, 6) is -0.663. The molecule has 4 nitrogen and oxygen atoms in total. The fourth-order valence-electron chi connectivity index (χ4n) is 1.53. The summed E-state index contributed by atoms with van der Waals surface area (Å²) < 4.78 is 0. The van der Waals surface area contributed by atoms with E-state index in [0.717, 1.165) is 12.8 Å². The van der Waals surface area contributed by atoms with E-state index in [4.69, 9.17) is 10.2 Å². The largest absolute Gasteiger partial charge is 0.498 e. The van der Waals surface area contributed by atoms with Crippen LogP contribution in [0.5, 0.6) is 5.06 Å². The van der Waals surface area contributed by atoms with Gasteiger partial charge in [-0.1, -0.05) is 70.6 Å². The summed E-state index contributed by atoms with van der Waals surface area (Å²) in [6.07, 6.45) is 8.64. The highest BCUT2D eigenvalue weighted by Gasteiger charge is 1.95. The van der Waals surface area contributed by atoms with Crippen molar-refractivity contribution in [3.8, 4) is 5.06 Å². The van der Waals surface area contributed by atoms with E-state index < -0.39 is 5.97 Å². The zero-order valence-electron chi connectivity index (χ0n) is 13.9. The zero-order valence-corrected chi connectivity index (χ0v) is 14.7. The van der Waals surface area contributed by atoms with Crippen LogP contribution in [0.25, 0.3) is 0 Å². The fraction of sp³-hybridized carbons (Fsp3) is 0.750. The Morgan fingerprint density at radius 1 is 1.14 bits per heavy atom. The molecule has 0 aliphatic heterocycles. The number of aromatic hydroxyl groups is 1. The number of thiazole rings is 1. The maximum absolute atomic E-state index is 10.1. The molecular weight excluding hydrogens is 286 g/mol. The minimum atomic E-state index is -0.663. The molecule has 0 aliphatic carbocycles. The summed E-state index contributed by atoms with van der Waals surface area (Å²) in [6, 6.07) is 0. The van der Waals surface area contributed by atoms with Gasteiger partial charge < -0.3 is 10.2 Å². The van der Waals surface area contributed by atoms with E-state index in [1.807, 2.05) is 13.8 Å². The van der Waals surface area contributed by atoms with Crippen molar-refractivity contribution in [3.05, 3.63) is 11.2 Å². The quantitative estimate of drug-likeness (QED) is 0.630. The van der Waals surface area contributed by atoms with Gasteiger partial charge in [0.1, 0.15) is 0 Å². The molecule has 0 spiro atoms. The Hall–Kier alpha value is -1.10. The monoisotopic (exact) mass is 317 g/mol. The molecule has 0 bridgehead atoms. The first-order valence-corrected chi connectivity index (χ1v) is 8.76. The lowest BCUT2D eigenvalue weighted by Gasteiger charge is -1.98. The van der Waals surface area contributed by atoms with Crippen molar-refractivity contribution in [3.63, 3.8) is 0 Å². The predicted molar refractivity (Wildman–Crippen MR) is 90.1 cm³/mol. The molecule has 0 amide bonds. The third-order valence-corrected chi connectivity index (χ3v) is 3.44. The summed E-state index contributed by atoms with van der Waals surface area (Å²) in [5, 5.41) is 17.4. The molecule has 0 atom stereocenters. The highest BCUT2D eigenvalue weighted by molar-refractivity contribution is 7.11. The predicted octanol–water partition coefficient (Wildman–Crippen LogP) is 5.40. The van der Waals surface area contributed by atoms with Gasteiger partial charge in [-0.05, 0) is 13.3 Å². The summed E-state index contributed by atoms with van der Waals surface area (Å²) in [7, 11) is 0. The maximum Gasteiger partial charge on any atom is 0.303 e. The first-order valence-electron chi connectivity index (χ1n) is 7.88. The summed E-state index contributed by atoms with van der Waals surface area (Å²) in [5.41, 5.74) is 2.33. The third-order valence-electron chi connectivity index (χ3n) is 2.71. The van der Waals surface area contributed by atoms with E-state index in [-0.39, 0.29) is 0 Å². The molecule has 1 heterocycles. The van der Waals surface area contributed by atoms with E-state index in [0.29, 0.717) is 17.2 Å². The first kappa shape index (κ1) is 22.2. The Morgan fingerprint density at radius 2 is 1.67 bits per heavy atom. The fourth-order valence-corrected chi connectivity index (χ4v) is 2.06. The molecule has 0 saturated carbocycles. The van der Waals surface area contributed by atoms with Crippen LogP contribution in [0.15, 0.2) is 5.51 Å². The van der Waals surface area contributed by atoms with Crippen LogP contribution < -0.4 is 0 Å². The Bertz CT molecular complexity index is 324. The van der Waals surface area contributed by atoms with Gasteiger partial charge in [0.25, 0.3) is 0 Å². The first-order chi connectivity index (χ1) is 10.1. The van der Waals surface area contributed by atoms with Crippen molar-refractivity contribution >= 4 is 17.3 Å². The topological polar surface area (TPSA) is 70.4 Å². The Balaban J connectivity index is 0. The van der Waals surface area contributed by atoms with E-state index in [1.54, 1.807) is 12.4 Å². The number of unbranched alkanes of at least 4 members (excludes halogenated alkanes) is 6. The van der Waals surface area contributed by atoms with Crippen molar-refractivity contribution in [2.45, 2.75) is 79.1 Å². The number of nitrogens with zero attached hydrogens (tertiary/aromatic N) is 1. The van der Waals surface area contributed by atoms with E-state index in [9.17, 15) is 4.79 Å². The van der Waals surface area contributed by atoms with Gasteiger partial charge in [-0.15, -0.1) is 0 Å². The second-order valence-corrected chi connectivity index (χ2v) is 5.34. The molecule has 2 N–H and O–H groups in total. The van der Waals surface area contributed by atoms with Crippen molar-refractivity contribution < 1.29 is 15.0 Å². The number of aliphatic carboxylic acids is 1. The molecule has 1 aromatic heterocycles. The van der Waals surface area contributed by atoms with Crippen LogP contribution in [-0.2, 0) is 4.79 Å². The second kappa shape index (κ2) is 17.0. The maximum atomic E-state index is 10.1. The Morgan fingerprint density at radius 3 is 2.00 bits per heavy atom. The van der Waals surface area contributed by atoms with Crippen LogP contribution in [0.2, 0.25) is 0 Å². The highest BCUT2D eigenvalue weighted by atomic mass is 32.1. The summed E-state index contributed by atoms with van der Waals surface area (Å²) in [6.45, 7) is 7.97. The number of carboxylic acid groups (broad SMARTS) is 1. The number of hydrogen-bond acceptors (Lipinski definition) is 4. The van der Waals surface area contributed by atoms with E-state index >= 15 is 0 Å². The molecule has 0 unspecified atom stereocenters. The van der Waals surface area contributed by atoms with Gasteiger partial charge in [0.05, 0.1) is 11.2 Å². The van der Waals surface area contributed by atoms with Crippen LogP contribution >= 0.6 is 11.3 Å². The van der Waals surface area contributed by atoms with Crippen LogP contribution in [0.4, 0.5) is 0 Å². The Kier molecular flexibility index (Phi) is 17.9. The lowest BCUT2D eigenvalue weighted by Crippen LogP contribution is -1.93. The molecule has 1 rings (SSSR count). The molecule has 5 heteroatoms. The van der Waals surface area contributed by atoms with E-state index in [2.05, 4.69) is 11.9 Å². The summed E-state index contributed by atoms with van der Waals surface area (Å²) in [4.78, 5) is 13.9. The molecular formula is C16H31NO3S. The normalized spacial score (nSPS) is 9.14. The van der Waals surface area contributed by atoms with Gasteiger partial charge in [0.2, 0.25) is 0 Å². The molecule has 1 aromatic rings. The number of carboxylic acids is 1. The number of carbonyl (C=O) groups is 1. The molecule has 0 fully saturated rings. The zero-order chi connectivity index (χ0) is 16.5. The van der Waals surface area contributed by atoms with Gasteiger partial charge in [-0.2, -0.15) is 0 Å². The van der Waals surface area contributed by atoms with E-state index in [1.165, 1.54) is 43.4 Å². The number of hydrogen-bond donors (Lipinski definition) is 2. The van der Waals surface area contributed by atoms with Crippen molar-refractivity contribution in [1.29, 1.82) is 0 Å². The van der Waals surface area contributed by atoms with Gasteiger partial charge in [-0.3, -0.25) is 4.79 Å². The minimum Gasteiger partial charge on any atom is -0.498 e. The lowest BCUT2D eigenvalue weighted by atomic mass is 10.1. The van der Waals surface area contributed by atoms with Gasteiger partial charge in [0.15, 0.2) is 5.06 Å². The minimum absolute atomic E-state index is 0.319. The van der Waals surface area contributed by atoms with Crippen LogP contribution in [0, 0.1) is 6.92 Å². The molecule has 0 aromatic carbocycles. The molecule has 0 aliphatic rings. The van der Waals surface area contributed by atoms with Crippen molar-refractivity contribution in [2.75, 3.05) is 0 Å². The SMILES string of the molecule is CC.CCCCCCCCCC(=O)O.Cc1ncsc1O. The second-order valence-electron chi connectivity index (χ2n) is 4.51. The summed E-state index contributed by atoms with van der Waals surface area (Å²) >= 11 is 1.25. The molecule has 0 saturated heterocycles. The number of rotatable bonds is 8. The van der Waals surface area contributed by atoms with Gasteiger partial charge >= 0.3 is 5.97 Å². The molecule has 21 heavy (non-hydrogen) atoms. The number of aryl methyl sites for hydroxylation is 1. The van der Waals surface area contributed by atoms with Gasteiger partial charge in [0, 0.05) is 6.42 Å². The third kappa shape index (κ3) is 16.8. The van der Waals surface area contributed by atoms with Crippen molar-refractivity contribution in [1.82, 2.24) is 4.98 Å². The highest BCUT2D eigenvalue weighted by Crippen LogP contribution is 2.18. The standard InChI is InChI=1S/C10H20O2.C4H5NOS.C2H6/c1-2-3-4-5-6-7-8-9-10(11)12;1-3-4(6)7-2-5-3;1-2/h2-9H2,1H3,(H,11,12);2,6H,1H3;1-2H3. The van der Waals surface area contributed by atoms with Crippen LogP contribution in [0.1, 0.15) is 77.8 Å². The van der Waals surface area contributed by atoms with Crippen LogP contribution in [-0.4, -0.2) is 21.2 Å². The number of aromatic nitrogens is 1. The average molecular weight is 317 g/mol.